The van der Waals surface area contributed by atoms with Crippen LogP contribution in [0.5, 0.6) is 5.75 Å². The highest BCUT2D eigenvalue weighted by Crippen LogP contribution is 2.24. The number of rotatable bonds is 6. The zero-order chi connectivity index (χ0) is 20.1. The van der Waals surface area contributed by atoms with E-state index in [1.165, 1.54) is 47.5 Å². The van der Waals surface area contributed by atoms with E-state index in [-0.39, 0.29) is 17.1 Å². The van der Waals surface area contributed by atoms with Gasteiger partial charge in [-0.25, -0.2) is 13.8 Å². The molecule has 0 bridgehead atoms. The highest BCUT2D eigenvalue weighted by atomic mass is 35.5. The molecule has 4 nitrogen and oxygen atoms in total. The van der Waals surface area contributed by atoms with E-state index < -0.39 is 23.6 Å². The molecule has 1 heterocycles. The second kappa shape index (κ2) is 8.80. The van der Waals surface area contributed by atoms with Gasteiger partial charge in [-0.3, -0.25) is 9.69 Å². The number of nitrogens with zero attached hydrogens (tertiary/aromatic N) is 2. The Labute approximate surface area is 166 Å². The molecule has 144 valence electrons. The van der Waals surface area contributed by atoms with Crippen LogP contribution in [0, 0.1) is 11.6 Å². The number of carbonyl (C=O) groups excluding carboxylic acids is 1. The van der Waals surface area contributed by atoms with Crippen LogP contribution >= 0.6 is 11.6 Å². The molecule has 3 rings (SSSR count). The van der Waals surface area contributed by atoms with Crippen LogP contribution in [0.15, 0.2) is 66.9 Å². The average Bonchev–Trinajstić information content (AvgIpc) is 2.70. The molecule has 28 heavy (non-hydrogen) atoms. The molecular weight excluding hydrogens is 386 g/mol. The molecule has 0 N–H and O–H groups in total. The molecule has 1 amide bonds. The van der Waals surface area contributed by atoms with Gasteiger partial charge in [-0.1, -0.05) is 23.7 Å². The third-order valence-electron chi connectivity index (χ3n) is 4.04. The number of anilines is 1. The Morgan fingerprint density at radius 3 is 2.50 bits per heavy atom. The van der Waals surface area contributed by atoms with Gasteiger partial charge in [0, 0.05) is 16.8 Å². The van der Waals surface area contributed by atoms with Crippen LogP contribution in [0.2, 0.25) is 5.02 Å². The van der Waals surface area contributed by atoms with Crippen molar-refractivity contribution in [2.75, 3.05) is 4.90 Å². The number of amides is 1. The van der Waals surface area contributed by atoms with Crippen molar-refractivity contribution in [1.82, 2.24) is 4.98 Å². The Balaban J connectivity index is 1.88. The molecule has 0 saturated carbocycles. The van der Waals surface area contributed by atoms with Gasteiger partial charge in [0.1, 0.15) is 23.2 Å². The fourth-order valence-electron chi connectivity index (χ4n) is 2.61. The predicted octanol–water partition coefficient (Wildman–Crippen LogP) is 5.01. The average molecular weight is 403 g/mol. The summed E-state index contributed by atoms with van der Waals surface area (Å²) in [7, 11) is 0. The monoisotopic (exact) mass is 402 g/mol. The highest BCUT2D eigenvalue weighted by Gasteiger charge is 2.26. The topological polar surface area (TPSA) is 42.4 Å². The lowest BCUT2D eigenvalue weighted by Crippen LogP contribution is -2.41. The molecular formula is C21H17ClF2N2O2. The van der Waals surface area contributed by atoms with E-state index in [1.54, 1.807) is 31.2 Å². The first-order chi connectivity index (χ1) is 13.5. The standard InChI is InChI=1S/C21H17ClF2N2O2/c1-14(28-16-10-8-15(23)9-11-16)21(27)26(20-7-2-3-12-25-20)13-17-18(22)5-4-6-19(17)24/h2-12,14H,13H2,1H3. The first-order valence-corrected chi connectivity index (χ1v) is 8.91. The van der Waals surface area contributed by atoms with Gasteiger partial charge in [0.15, 0.2) is 6.10 Å². The van der Waals surface area contributed by atoms with Crippen molar-refractivity contribution < 1.29 is 18.3 Å². The van der Waals surface area contributed by atoms with E-state index in [0.717, 1.165) is 0 Å². The quantitative estimate of drug-likeness (QED) is 0.581. The SMILES string of the molecule is CC(Oc1ccc(F)cc1)C(=O)N(Cc1c(F)cccc1Cl)c1ccccn1. The lowest BCUT2D eigenvalue weighted by molar-refractivity contribution is -0.124. The van der Waals surface area contributed by atoms with Crippen LogP contribution < -0.4 is 9.64 Å². The number of hydrogen-bond donors (Lipinski definition) is 0. The maximum absolute atomic E-state index is 14.3. The van der Waals surface area contributed by atoms with Gasteiger partial charge in [0.05, 0.1) is 6.54 Å². The molecule has 0 aliphatic carbocycles. The smallest absolute Gasteiger partial charge is 0.269 e. The van der Waals surface area contributed by atoms with Gasteiger partial charge >= 0.3 is 0 Å². The molecule has 1 atom stereocenters. The van der Waals surface area contributed by atoms with Crippen LogP contribution in [0.1, 0.15) is 12.5 Å². The van der Waals surface area contributed by atoms with E-state index in [4.69, 9.17) is 16.3 Å². The van der Waals surface area contributed by atoms with Gasteiger partial charge < -0.3 is 4.74 Å². The summed E-state index contributed by atoms with van der Waals surface area (Å²) < 4.78 is 32.9. The molecule has 0 radical (unpaired) electrons. The minimum absolute atomic E-state index is 0.113. The summed E-state index contributed by atoms with van der Waals surface area (Å²) in [5, 5.41) is 0.209. The minimum atomic E-state index is -0.919. The summed E-state index contributed by atoms with van der Waals surface area (Å²) in [6.45, 7) is 1.45. The molecule has 0 spiro atoms. The Morgan fingerprint density at radius 1 is 1.11 bits per heavy atom. The zero-order valence-electron chi connectivity index (χ0n) is 15.0. The Hall–Kier alpha value is -2.99. The Bertz CT molecular complexity index is 932. The summed E-state index contributed by atoms with van der Waals surface area (Å²) in [6.07, 6.45) is 0.613. The van der Waals surface area contributed by atoms with Gasteiger partial charge in [-0.2, -0.15) is 0 Å². The fraction of sp³-hybridized carbons (Fsp3) is 0.143. The molecule has 3 aromatic rings. The lowest BCUT2D eigenvalue weighted by Gasteiger charge is -2.26. The maximum Gasteiger partial charge on any atom is 0.269 e. The van der Waals surface area contributed by atoms with Crippen molar-refractivity contribution in [3.63, 3.8) is 0 Å². The van der Waals surface area contributed by atoms with Crippen molar-refractivity contribution in [3.8, 4) is 5.75 Å². The molecule has 0 aliphatic rings. The molecule has 1 unspecified atom stereocenters. The van der Waals surface area contributed by atoms with Gasteiger partial charge in [0.25, 0.3) is 5.91 Å². The fourth-order valence-corrected chi connectivity index (χ4v) is 2.84. The number of pyridine rings is 1. The number of halogens is 3. The first-order valence-electron chi connectivity index (χ1n) is 8.53. The zero-order valence-corrected chi connectivity index (χ0v) is 15.7. The molecule has 0 fully saturated rings. The number of ether oxygens (including phenoxy) is 1. The van der Waals surface area contributed by atoms with E-state index >= 15 is 0 Å². The summed E-state index contributed by atoms with van der Waals surface area (Å²) in [5.74, 6) is -0.695. The van der Waals surface area contributed by atoms with Crippen LogP contribution in [-0.4, -0.2) is 17.0 Å². The van der Waals surface area contributed by atoms with Crippen molar-refractivity contribution in [2.45, 2.75) is 19.6 Å². The summed E-state index contributed by atoms with van der Waals surface area (Å²) in [4.78, 5) is 18.6. The lowest BCUT2D eigenvalue weighted by atomic mass is 10.1. The molecule has 0 saturated heterocycles. The second-order valence-corrected chi connectivity index (χ2v) is 6.43. The normalized spacial score (nSPS) is 11.7. The Morgan fingerprint density at radius 2 is 1.86 bits per heavy atom. The molecule has 7 heteroatoms. The van der Waals surface area contributed by atoms with E-state index in [2.05, 4.69) is 4.98 Å². The first kappa shape index (κ1) is 19.8. The summed E-state index contributed by atoms with van der Waals surface area (Å²) >= 11 is 6.12. The van der Waals surface area contributed by atoms with Gasteiger partial charge in [-0.05, 0) is 55.5 Å². The summed E-state index contributed by atoms with van der Waals surface area (Å²) in [6, 6.07) is 14.7. The molecule has 1 aromatic heterocycles. The van der Waals surface area contributed by atoms with Crippen molar-refractivity contribution in [1.29, 1.82) is 0 Å². The number of benzene rings is 2. The number of carbonyl (C=O) groups is 1. The number of aromatic nitrogens is 1. The Kier molecular flexibility index (Phi) is 6.21. The molecule has 0 aliphatic heterocycles. The molecule has 2 aromatic carbocycles. The van der Waals surface area contributed by atoms with Gasteiger partial charge in [0.2, 0.25) is 0 Å². The van der Waals surface area contributed by atoms with Crippen molar-refractivity contribution in [3.05, 3.63) is 89.1 Å². The van der Waals surface area contributed by atoms with Crippen molar-refractivity contribution >= 4 is 23.3 Å². The van der Waals surface area contributed by atoms with E-state index in [1.807, 2.05) is 0 Å². The summed E-state index contributed by atoms with van der Waals surface area (Å²) in [5.41, 5.74) is 0.178. The largest absolute Gasteiger partial charge is 0.481 e. The van der Waals surface area contributed by atoms with Crippen LogP contribution in [0.4, 0.5) is 14.6 Å². The van der Waals surface area contributed by atoms with E-state index in [0.29, 0.717) is 11.6 Å². The maximum atomic E-state index is 14.3. The van der Waals surface area contributed by atoms with Crippen LogP contribution in [0.25, 0.3) is 0 Å². The van der Waals surface area contributed by atoms with Crippen molar-refractivity contribution in [2.24, 2.45) is 0 Å². The third kappa shape index (κ3) is 4.64. The third-order valence-corrected chi connectivity index (χ3v) is 4.40. The predicted molar refractivity (Wildman–Crippen MR) is 103 cm³/mol. The second-order valence-electron chi connectivity index (χ2n) is 6.03. The van der Waals surface area contributed by atoms with Gasteiger partial charge in [-0.15, -0.1) is 0 Å². The highest BCUT2D eigenvalue weighted by molar-refractivity contribution is 6.31. The number of hydrogen-bond acceptors (Lipinski definition) is 3. The minimum Gasteiger partial charge on any atom is -0.481 e. The van der Waals surface area contributed by atoms with Crippen LogP contribution in [-0.2, 0) is 11.3 Å². The van der Waals surface area contributed by atoms with E-state index in [9.17, 15) is 13.6 Å². The van der Waals surface area contributed by atoms with Crippen LogP contribution in [0.3, 0.4) is 0 Å².